The van der Waals surface area contributed by atoms with Gasteiger partial charge in [-0.1, -0.05) is 19.8 Å². The van der Waals surface area contributed by atoms with Gasteiger partial charge in [-0.2, -0.15) is 12.6 Å². The summed E-state index contributed by atoms with van der Waals surface area (Å²) in [5.74, 6) is 1.41. The molecule has 0 saturated carbocycles. The molecule has 0 N–H and O–H groups in total. The molecule has 0 aromatic carbocycles. The molecule has 2 nitrogen and oxygen atoms in total. The Morgan fingerprint density at radius 1 is 1.46 bits per heavy atom. The van der Waals surface area contributed by atoms with Crippen LogP contribution >= 0.6 is 12.6 Å². The molecule has 1 fully saturated rings. The van der Waals surface area contributed by atoms with E-state index >= 15 is 0 Å². The van der Waals surface area contributed by atoms with Crippen molar-refractivity contribution in [3.63, 3.8) is 0 Å². The average Bonchev–Trinajstić information content (AvgIpc) is 2.18. The summed E-state index contributed by atoms with van der Waals surface area (Å²) >= 11 is 4.00. The summed E-state index contributed by atoms with van der Waals surface area (Å²) < 4.78 is 0. The monoisotopic (exact) mass is 201 g/mol. The minimum Gasteiger partial charge on any atom is -0.342 e. The first-order valence-electron chi connectivity index (χ1n) is 5.16. The van der Waals surface area contributed by atoms with Crippen LogP contribution in [0.4, 0.5) is 0 Å². The van der Waals surface area contributed by atoms with Crippen molar-refractivity contribution in [2.24, 2.45) is 5.92 Å². The van der Waals surface area contributed by atoms with Crippen molar-refractivity contribution in [3.05, 3.63) is 0 Å². The summed E-state index contributed by atoms with van der Waals surface area (Å²) in [5.41, 5.74) is 0. The maximum absolute atomic E-state index is 11.3. The molecule has 1 aliphatic heterocycles. The van der Waals surface area contributed by atoms with E-state index in [1.807, 2.05) is 4.90 Å². The number of carbonyl (C=O) groups is 1. The Labute approximate surface area is 86.1 Å². The van der Waals surface area contributed by atoms with Gasteiger partial charge in [-0.3, -0.25) is 4.79 Å². The van der Waals surface area contributed by atoms with E-state index in [4.69, 9.17) is 0 Å². The summed E-state index contributed by atoms with van der Waals surface area (Å²) in [6.07, 6.45) is 4.97. The number of amides is 1. The van der Waals surface area contributed by atoms with Gasteiger partial charge in [-0.25, -0.2) is 0 Å². The Kier molecular flexibility index (Phi) is 4.64. The zero-order valence-electron chi connectivity index (χ0n) is 8.33. The normalized spacial score (nSPS) is 19.1. The van der Waals surface area contributed by atoms with Crippen LogP contribution in [-0.2, 0) is 4.79 Å². The highest BCUT2D eigenvalue weighted by atomic mass is 32.1. The van der Waals surface area contributed by atoms with E-state index in [1.165, 1.54) is 25.7 Å². The molecule has 0 aromatic rings. The second-order valence-electron chi connectivity index (χ2n) is 3.77. The van der Waals surface area contributed by atoms with E-state index in [1.54, 1.807) is 0 Å². The summed E-state index contributed by atoms with van der Waals surface area (Å²) in [6, 6.07) is 0. The molecule has 0 bridgehead atoms. The molecule has 3 heteroatoms. The molecular formula is C10H19NOS. The minimum absolute atomic E-state index is 0.193. The number of hydrogen-bond donors (Lipinski definition) is 1. The number of nitrogens with zero attached hydrogens (tertiary/aromatic N) is 1. The maximum Gasteiger partial charge on any atom is 0.232 e. The lowest BCUT2D eigenvalue weighted by Gasteiger charge is -2.31. The third-order valence-corrected chi connectivity index (χ3v) is 3.07. The smallest absolute Gasteiger partial charge is 0.232 e. The summed E-state index contributed by atoms with van der Waals surface area (Å²) in [6.45, 7) is 4.12. The topological polar surface area (TPSA) is 20.3 Å². The zero-order valence-corrected chi connectivity index (χ0v) is 9.22. The summed E-state index contributed by atoms with van der Waals surface area (Å²) in [7, 11) is 0. The SMILES string of the molecule is CCCC1CCN(C(=O)CS)CC1. The number of thiol groups is 1. The predicted octanol–water partition coefficient (Wildman–Crippen LogP) is 1.95. The van der Waals surface area contributed by atoms with E-state index in [0.717, 1.165) is 19.0 Å². The van der Waals surface area contributed by atoms with Gasteiger partial charge in [0.2, 0.25) is 5.91 Å². The largest absolute Gasteiger partial charge is 0.342 e. The highest BCUT2D eigenvalue weighted by molar-refractivity contribution is 7.81. The molecule has 0 spiro atoms. The van der Waals surface area contributed by atoms with Gasteiger partial charge < -0.3 is 4.90 Å². The highest BCUT2D eigenvalue weighted by Crippen LogP contribution is 2.21. The lowest BCUT2D eigenvalue weighted by molar-refractivity contribution is -0.129. The number of piperidine rings is 1. The molecule has 13 heavy (non-hydrogen) atoms. The van der Waals surface area contributed by atoms with Crippen LogP contribution in [0.25, 0.3) is 0 Å². The fraction of sp³-hybridized carbons (Fsp3) is 0.900. The van der Waals surface area contributed by atoms with Crippen LogP contribution < -0.4 is 0 Å². The average molecular weight is 201 g/mol. The molecule has 0 unspecified atom stereocenters. The van der Waals surface area contributed by atoms with Crippen molar-refractivity contribution >= 4 is 18.5 Å². The molecule has 0 aliphatic carbocycles. The number of hydrogen-bond acceptors (Lipinski definition) is 2. The van der Waals surface area contributed by atoms with Crippen LogP contribution in [0, 0.1) is 5.92 Å². The van der Waals surface area contributed by atoms with Gasteiger partial charge in [-0.15, -0.1) is 0 Å². The van der Waals surface area contributed by atoms with E-state index in [2.05, 4.69) is 19.6 Å². The Morgan fingerprint density at radius 2 is 2.08 bits per heavy atom. The van der Waals surface area contributed by atoms with Gasteiger partial charge in [0.15, 0.2) is 0 Å². The third-order valence-electron chi connectivity index (χ3n) is 2.80. The fourth-order valence-corrected chi connectivity index (χ4v) is 2.18. The van der Waals surface area contributed by atoms with Crippen molar-refractivity contribution < 1.29 is 4.79 Å². The maximum atomic E-state index is 11.3. The van der Waals surface area contributed by atoms with Gasteiger partial charge >= 0.3 is 0 Å². The molecular weight excluding hydrogens is 182 g/mol. The first-order valence-corrected chi connectivity index (χ1v) is 5.79. The van der Waals surface area contributed by atoms with E-state index in [0.29, 0.717) is 5.75 Å². The number of likely N-dealkylation sites (tertiary alicyclic amines) is 1. The highest BCUT2D eigenvalue weighted by Gasteiger charge is 2.20. The van der Waals surface area contributed by atoms with Gasteiger partial charge in [0.25, 0.3) is 0 Å². The zero-order chi connectivity index (χ0) is 9.68. The third kappa shape index (κ3) is 3.22. The molecule has 1 saturated heterocycles. The molecule has 1 heterocycles. The first kappa shape index (κ1) is 10.9. The van der Waals surface area contributed by atoms with Crippen LogP contribution in [0.2, 0.25) is 0 Å². The van der Waals surface area contributed by atoms with Crippen LogP contribution in [0.5, 0.6) is 0 Å². The van der Waals surface area contributed by atoms with Gasteiger partial charge in [-0.05, 0) is 18.8 Å². The molecule has 1 aliphatic rings. The van der Waals surface area contributed by atoms with Gasteiger partial charge in [0.1, 0.15) is 0 Å². The van der Waals surface area contributed by atoms with Crippen molar-refractivity contribution in [2.75, 3.05) is 18.8 Å². The lowest BCUT2D eigenvalue weighted by atomic mass is 9.92. The van der Waals surface area contributed by atoms with Crippen LogP contribution in [-0.4, -0.2) is 29.6 Å². The van der Waals surface area contributed by atoms with E-state index in [-0.39, 0.29) is 5.91 Å². The van der Waals surface area contributed by atoms with E-state index in [9.17, 15) is 4.79 Å². The molecule has 0 aromatic heterocycles. The fourth-order valence-electron chi connectivity index (χ4n) is 1.98. The van der Waals surface area contributed by atoms with E-state index < -0.39 is 0 Å². The number of rotatable bonds is 3. The minimum atomic E-state index is 0.193. The molecule has 0 radical (unpaired) electrons. The first-order chi connectivity index (χ1) is 6.27. The summed E-state index contributed by atoms with van der Waals surface area (Å²) in [5, 5.41) is 0. The second kappa shape index (κ2) is 5.53. The van der Waals surface area contributed by atoms with Crippen molar-refractivity contribution in [1.82, 2.24) is 4.90 Å². The van der Waals surface area contributed by atoms with Gasteiger partial charge in [0.05, 0.1) is 5.75 Å². The predicted molar refractivity (Wildman–Crippen MR) is 58.1 cm³/mol. The van der Waals surface area contributed by atoms with Crippen LogP contribution in [0.3, 0.4) is 0 Å². The summed E-state index contributed by atoms with van der Waals surface area (Å²) in [4.78, 5) is 13.2. The van der Waals surface area contributed by atoms with Crippen molar-refractivity contribution in [3.8, 4) is 0 Å². The van der Waals surface area contributed by atoms with Crippen LogP contribution in [0.15, 0.2) is 0 Å². The number of carbonyl (C=O) groups excluding carboxylic acids is 1. The molecule has 0 atom stereocenters. The van der Waals surface area contributed by atoms with Gasteiger partial charge in [0, 0.05) is 13.1 Å². The Hall–Kier alpha value is -0.180. The Bertz CT molecular complexity index is 164. The lowest BCUT2D eigenvalue weighted by Crippen LogP contribution is -2.39. The Morgan fingerprint density at radius 3 is 2.54 bits per heavy atom. The Balaban J connectivity index is 2.26. The molecule has 76 valence electrons. The molecule has 1 amide bonds. The van der Waals surface area contributed by atoms with Crippen molar-refractivity contribution in [2.45, 2.75) is 32.6 Å². The van der Waals surface area contributed by atoms with Crippen molar-refractivity contribution in [1.29, 1.82) is 0 Å². The second-order valence-corrected chi connectivity index (χ2v) is 4.09. The standard InChI is InChI=1S/C10H19NOS/c1-2-3-9-4-6-11(7-5-9)10(12)8-13/h9,13H,2-8H2,1H3. The molecule has 1 rings (SSSR count). The quantitative estimate of drug-likeness (QED) is 0.692. The van der Waals surface area contributed by atoms with Crippen LogP contribution in [0.1, 0.15) is 32.6 Å².